The second-order valence-electron chi connectivity index (χ2n) is 6.96. The number of benzene rings is 3. The Morgan fingerprint density at radius 1 is 0.968 bits per heavy atom. The van der Waals surface area contributed by atoms with Crippen molar-refractivity contribution in [1.82, 2.24) is 4.57 Å². The third kappa shape index (κ3) is 4.28. The van der Waals surface area contributed by atoms with E-state index in [1.807, 2.05) is 55.5 Å². The highest BCUT2D eigenvalue weighted by atomic mass is 16.5. The number of hydrogen-bond acceptors (Lipinski definition) is 4. The summed E-state index contributed by atoms with van der Waals surface area (Å²) in [6.45, 7) is 2.37. The first kappa shape index (κ1) is 20.2. The standard InChI is InChI=1S/C25H22N2O4/c1-3-30-18-13-14-22-19(15-18)24(28)20(16-27(22)2)25(29)26-21-11-7-8-12-23(21)31-17-9-5-4-6-10-17/h4-16H,3H2,1-2H3,(H,26,29). The van der Waals surface area contributed by atoms with E-state index in [1.54, 1.807) is 42.1 Å². The van der Waals surface area contributed by atoms with E-state index in [1.165, 1.54) is 0 Å². The van der Waals surface area contributed by atoms with E-state index in [0.29, 0.717) is 34.9 Å². The molecule has 4 rings (SSSR count). The summed E-state index contributed by atoms with van der Waals surface area (Å²) in [6, 6.07) is 21.7. The molecule has 0 fully saturated rings. The molecule has 3 aromatic carbocycles. The normalized spacial score (nSPS) is 10.6. The fraction of sp³-hybridized carbons (Fsp3) is 0.120. The minimum absolute atomic E-state index is 0.0400. The Labute approximate surface area is 179 Å². The van der Waals surface area contributed by atoms with Gasteiger partial charge in [0.15, 0.2) is 5.75 Å². The van der Waals surface area contributed by atoms with E-state index in [4.69, 9.17) is 9.47 Å². The topological polar surface area (TPSA) is 69.6 Å². The van der Waals surface area contributed by atoms with Gasteiger partial charge >= 0.3 is 0 Å². The van der Waals surface area contributed by atoms with Crippen LogP contribution in [-0.4, -0.2) is 17.1 Å². The first-order valence-electron chi connectivity index (χ1n) is 9.96. The highest BCUT2D eigenvalue weighted by Gasteiger charge is 2.17. The van der Waals surface area contributed by atoms with Crippen molar-refractivity contribution < 1.29 is 14.3 Å². The lowest BCUT2D eigenvalue weighted by molar-refractivity contribution is 0.102. The predicted octanol–water partition coefficient (Wildman–Crippen LogP) is 4.98. The minimum Gasteiger partial charge on any atom is -0.494 e. The van der Waals surface area contributed by atoms with Gasteiger partial charge in [-0.3, -0.25) is 9.59 Å². The molecule has 31 heavy (non-hydrogen) atoms. The van der Waals surface area contributed by atoms with Crippen LogP contribution in [0, 0.1) is 0 Å². The van der Waals surface area contributed by atoms with Gasteiger partial charge in [0.2, 0.25) is 5.43 Å². The smallest absolute Gasteiger partial charge is 0.261 e. The van der Waals surface area contributed by atoms with Gasteiger partial charge in [0, 0.05) is 13.2 Å². The maximum Gasteiger partial charge on any atom is 0.261 e. The summed E-state index contributed by atoms with van der Waals surface area (Å²) in [6.07, 6.45) is 1.54. The Morgan fingerprint density at radius 3 is 2.48 bits per heavy atom. The van der Waals surface area contributed by atoms with E-state index in [9.17, 15) is 9.59 Å². The zero-order chi connectivity index (χ0) is 21.8. The van der Waals surface area contributed by atoms with Crippen LogP contribution in [0.5, 0.6) is 17.2 Å². The summed E-state index contributed by atoms with van der Waals surface area (Å²) < 4.78 is 13.2. The fourth-order valence-electron chi connectivity index (χ4n) is 3.35. The Morgan fingerprint density at radius 2 is 1.71 bits per heavy atom. The third-order valence-electron chi connectivity index (χ3n) is 4.82. The molecule has 0 saturated carbocycles. The Balaban J connectivity index is 1.68. The summed E-state index contributed by atoms with van der Waals surface area (Å²) >= 11 is 0. The van der Waals surface area contributed by atoms with Gasteiger partial charge in [0.05, 0.1) is 23.2 Å². The SMILES string of the molecule is CCOc1ccc2c(c1)c(=O)c(C(=O)Nc1ccccc1Oc1ccccc1)cn2C. The molecule has 1 aromatic heterocycles. The summed E-state index contributed by atoms with van der Waals surface area (Å²) in [4.78, 5) is 26.1. The molecule has 6 nitrogen and oxygen atoms in total. The molecule has 0 aliphatic rings. The van der Waals surface area contributed by atoms with Crippen LogP contribution in [0.1, 0.15) is 17.3 Å². The van der Waals surface area contributed by atoms with Gasteiger partial charge in [-0.15, -0.1) is 0 Å². The lowest BCUT2D eigenvalue weighted by Gasteiger charge is -2.13. The molecule has 1 heterocycles. The van der Waals surface area contributed by atoms with Crippen LogP contribution in [0.2, 0.25) is 0 Å². The Hall–Kier alpha value is -4.06. The van der Waals surface area contributed by atoms with Crippen molar-refractivity contribution >= 4 is 22.5 Å². The van der Waals surface area contributed by atoms with Gasteiger partial charge < -0.3 is 19.4 Å². The molecular weight excluding hydrogens is 392 g/mol. The van der Waals surface area contributed by atoms with Crippen LogP contribution in [0.15, 0.2) is 83.8 Å². The molecule has 0 spiro atoms. The van der Waals surface area contributed by atoms with E-state index < -0.39 is 5.91 Å². The second-order valence-corrected chi connectivity index (χ2v) is 6.96. The number of pyridine rings is 1. The number of ether oxygens (including phenoxy) is 2. The van der Waals surface area contributed by atoms with E-state index in [0.717, 1.165) is 5.52 Å². The van der Waals surface area contributed by atoms with Gasteiger partial charge in [-0.2, -0.15) is 0 Å². The number of rotatable bonds is 6. The van der Waals surface area contributed by atoms with Gasteiger partial charge in [-0.25, -0.2) is 0 Å². The van der Waals surface area contributed by atoms with Crippen molar-refractivity contribution in [2.24, 2.45) is 7.05 Å². The molecule has 1 amide bonds. The molecule has 0 aliphatic heterocycles. The molecule has 4 aromatic rings. The number of nitrogens with one attached hydrogen (secondary N) is 1. The second kappa shape index (κ2) is 8.75. The molecule has 0 bridgehead atoms. The van der Waals surface area contributed by atoms with Gasteiger partial charge in [0.25, 0.3) is 5.91 Å². The van der Waals surface area contributed by atoms with E-state index in [-0.39, 0.29) is 11.0 Å². The average Bonchev–Trinajstić information content (AvgIpc) is 2.78. The van der Waals surface area contributed by atoms with Gasteiger partial charge in [-0.1, -0.05) is 30.3 Å². The fourth-order valence-corrected chi connectivity index (χ4v) is 3.35. The number of aryl methyl sites for hydroxylation is 1. The zero-order valence-electron chi connectivity index (χ0n) is 17.3. The predicted molar refractivity (Wildman–Crippen MR) is 121 cm³/mol. The van der Waals surface area contributed by atoms with Crippen molar-refractivity contribution in [1.29, 1.82) is 0 Å². The maximum absolute atomic E-state index is 13.1. The van der Waals surface area contributed by atoms with Crippen LogP contribution in [0.25, 0.3) is 10.9 Å². The Bertz CT molecular complexity index is 1300. The minimum atomic E-state index is -0.506. The van der Waals surface area contributed by atoms with Gasteiger partial charge in [0.1, 0.15) is 17.1 Å². The molecule has 0 unspecified atom stereocenters. The lowest BCUT2D eigenvalue weighted by Crippen LogP contribution is -2.23. The number of para-hydroxylation sites is 3. The summed E-state index contributed by atoms with van der Waals surface area (Å²) in [7, 11) is 1.80. The largest absolute Gasteiger partial charge is 0.494 e. The number of hydrogen-bond donors (Lipinski definition) is 1. The number of anilines is 1. The third-order valence-corrected chi connectivity index (χ3v) is 4.82. The molecule has 6 heteroatoms. The van der Waals surface area contributed by atoms with Gasteiger partial charge in [-0.05, 0) is 49.4 Å². The van der Waals surface area contributed by atoms with Crippen molar-refractivity contribution in [3.8, 4) is 17.2 Å². The number of carbonyl (C=O) groups is 1. The summed E-state index contributed by atoms with van der Waals surface area (Å²) in [5, 5.41) is 3.24. The maximum atomic E-state index is 13.1. The van der Waals surface area contributed by atoms with E-state index in [2.05, 4.69) is 5.32 Å². The molecular formula is C25H22N2O4. The summed E-state index contributed by atoms with van der Waals surface area (Å²) in [5.41, 5.74) is 0.881. The monoisotopic (exact) mass is 414 g/mol. The highest BCUT2D eigenvalue weighted by molar-refractivity contribution is 6.06. The summed E-state index contributed by atoms with van der Waals surface area (Å²) in [5.74, 6) is 1.22. The lowest BCUT2D eigenvalue weighted by atomic mass is 10.1. The van der Waals surface area contributed by atoms with Crippen molar-refractivity contribution in [3.63, 3.8) is 0 Å². The first-order valence-corrected chi connectivity index (χ1v) is 9.96. The number of amides is 1. The van der Waals surface area contributed by atoms with Crippen molar-refractivity contribution in [2.75, 3.05) is 11.9 Å². The quantitative estimate of drug-likeness (QED) is 0.483. The van der Waals surface area contributed by atoms with Crippen LogP contribution in [0.4, 0.5) is 5.69 Å². The van der Waals surface area contributed by atoms with Crippen LogP contribution >= 0.6 is 0 Å². The molecule has 1 N–H and O–H groups in total. The molecule has 0 radical (unpaired) electrons. The van der Waals surface area contributed by atoms with Crippen LogP contribution < -0.4 is 20.2 Å². The molecule has 0 atom stereocenters. The Kier molecular flexibility index (Phi) is 5.71. The number of aromatic nitrogens is 1. The van der Waals surface area contributed by atoms with Crippen LogP contribution in [0.3, 0.4) is 0 Å². The average molecular weight is 414 g/mol. The van der Waals surface area contributed by atoms with Crippen molar-refractivity contribution in [3.05, 3.63) is 94.8 Å². The number of carbonyl (C=O) groups excluding carboxylic acids is 1. The van der Waals surface area contributed by atoms with E-state index >= 15 is 0 Å². The number of nitrogens with zero attached hydrogens (tertiary/aromatic N) is 1. The van der Waals surface area contributed by atoms with Crippen LogP contribution in [-0.2, 0) is 7.05 Å². The zero-order valence-corrected chi connectivity index (χ0v) is 17.3. The van der Waals surface area contributed by atoms with Crippen molar-refractivity contribution in [2.45, 2.75) is 6.92 Å². The first-order chi connectivity index (χ1) is 15.1. The highest BCUT2D eigenvalue weighted by Crippen LogP contribution is 2.29. The molecule has 0 aliphatic carbocycles. The molecule has 156 valence electrons. The number of fused-ring (bicyclic) bond motifs is 1. The molecule has 0 saturated heterocycles.